The third-order valence-corrected chi connectivity index (χ3v) is 4.77. The van der Waals surface area contributed by atoms with Gasteiger partial charge in [0, 0.05) is 6.54 Å². The van der Waals surface area contributed by atoms with Gasteiger partial charge in [0.2, 0.25) is 5.91 Å². The summed E-state index contributed by atoms with van der Waals surface area (Å²) in [6, 6.07) is 8.86. The summed E-state index contributed by atoms with van der Waals surface area (Å²) >= 11 is 6.39. The molecule has 1 fully saturated rings. The Morgan fingerprint density at radius 2 is 2.05 bits per heavy atom. The number of hydrogen-bond acceptors (Lipinski definition) is 3. The van der Waals surface area contributed by atoms with Crippen molar-refractivity contribution in [1.29, 1.82) is 0 Å². The zero-order valence-corrected chi connectivity index (χ0v) is 12.7. The third-order valence-electron chi connectivity index (χ3n) is 4.21. The lowest BCUT2D eigenvalue weighted by molar-refractivity contribution is -0.123. The quantitative estimate of drug-likeness (QED) is 0.684. The molecule has 0 radical (unpaired) electrons. The smallest absolute Gasteiger partial charge is 0.410 e. The highest BCUT2D eigenvalue weighted by atomic mass is 35.5. The van der Waals surface area contributed by atoms with Crippen LogP contribution in [-0.4, -0.2) is 34.4 Å². The Kier molecular flexibility index (Phi) is 3.83. The second-order valence-corrected chi connectivity index (χ2v) is 6.39. The minimum atomic E-state index is -1.25. The van der Waals surface area contributed by atoms with Crippen LogP contribution in [0.4, 0.5) is 4.79 Å². The molecule has 1 aromatic rings. The minimum Gasteiger partial charge on any atom is -0.445 e. The standard InChI is InChI=1S/C16H17ClN2O3/c17-16(14(18)20)8-12-6-7-13(16)19(9-12)15(21)22-10-11-4-2-1-3-5-11/h1-7,12-13H,8-10H2,(H2,18,20). The number of ether oxygens (including phenoxy) is 1. The molecular formula is C16H17ClN2O3. The number of amides is 2. The van der Waals surface area contributed by atoms with Crippen LogP contribution in [0.1, 0.15) is 12.0 Å². The van der Waals surface area contributed by atoms with Crippen LogP contribution in [0, 0.1) is 5.92 Å². The maximum Gasteiger partial charge on any atom is 0.410 e. The summed E-state index contributed by atoms with van der Waals surface area (Å²) in [6.45, 7) is 0.680. The number of piperidine rings is 1. The first-order chi connectivity index (χ1) is 10.5. The Labute approximate surface area is 133 Å². The van der Waals surface area contributed by atoms with Gasteiger partial charge in [0.1, 0.15) is 11.5 Å². The van der Waals surface area contributed by atoms with Gasteiger partial charge in [-0.2, -0.15) is 0 Å². The molecule has 0 saturated carbocycles. The first-order valence-corrected chi connectivity index (χ1v) is 7.53. The first kappa shape index (κ1) is 14.9. The summed E-state index contributed by atoms with van der Waals surface area (Å²) < 4.78 is 5.34. The molecule has 3 aliphatic rings. The molecule has 116 valence electrons. The van der Waals surface area contributed by atoms with Gasteiger partial charge in [0.25, 0.3) is 0 Å². The van der Waals surface area contributed by atoms with Gasteiger partial charge in [-0.3, -0.25) is 9.69 Å². The number of carbonyl (C=O) groups excluding carboxylic acids is 2. The third kappa shape index (κ3) is 2.57. The van der Waals surface area contributed by atoms with Crippen LogP contribution in [-0.2, 0) is 16.1 Å². The fourth-order valence-electron chi connectivity index (χ4n) is 3.06. The number of nitrogens with zero attached hydrogens (tertiary/aromatic N) is 1. The van der Waals surface area contributed by atoms with Crippen LogP contribution < -0.4 is 5.73 Å². The van der Waals surface area contributed by atoms with Crippen LogP contribution in [0.3, 0.4) is 0 Å². The molecule has 2 bridgehead atoms. The summed E-state index contributed by atoms with van der Waals surface area (Å²) in [5.74, 6) is -0.576. The summed E-state index contributed by atoms with van der Waals surface area (Å²) in [5, 5.41) is 0. The largest absolute Gasteiger partial charge is 0.445 e. The van der Waals surface area contributed by atoms with E-state index in [1.165, 1.54) is 4.90 Å². The van der Waals surface area contributed by atoms with E-state index in [9.17, 15) is 9.59 Å². The van der Waals surface area contributed by atoms with Gasteiger partial charge >= 0.3 is 6.09 Å². The van der Waals surface area contributed by atoms with E-state index >= 15 is 0 Å². The van der Waals surface area contributed by atoms with Crippen molar-refractivity contribution in [1.82, 2.24) is 4.90 Å². The highest BCUT2D eigenvalue weighted by Crippen LogP contribution is 2.42. The van der Waals surface area contributed by atoms with Crippen molar-refractivity contribution in [3.05, 3.63) is 48.0 Å². The maximum atomic E-state index is 12.3. The number of primary amides is 1. The molecule has 22 heavy (non-hydrogen) atoms. The molecule has 2 N–H and O–H groups in total. The van der Waals surface area contributed by atoms with E-state index < -0.39 is 22.9 Å². The summed E-state index contributed by atoms with van der Waals surface area (Å²) in [6.07, 6.45) is 3.73. The molecule has 3 unspecified atom stereocenters. The number of benzene rings is 1. The van der Waals surface area contributed by atoms with Gasteiger partial charge in [-0.15, -0.1) is 11.6 Å². The van der Waals surface area contributed by atoms with Crippen molar-refractivity contribution < 1.29 is 14.3 Å². The normalized spacial score (nSPS) is 29.4. The van der Waals surface area contributed by atoms with Crippen LogP contribution in [0.2, 0.25) is 0 Å². The van der Waals surface area contributed by atoms with Gasteiger partial charge in [0.05, 0.1) is 6.04 Å². The number of carbonyl (C=O) groups is 2. The summed E-state index contributed by atoms with van der Waals surface area (Å²) in [5.41, 5.74) is 6.34. The lowest BCUT2D eigenvalue weighted by Crippen LogP contribution is -2.64. The van der Waals surface area contributed by atoms with E-state index in [-0.39, 0.29) is 12.5 Å². The predicted octanol–water partition coefficient (Wildman–Crippen LogP) is 2.05. The number of fused-ring (bicyclic) bond motifs is 2. The number of alkyl halides is 1. The Morgan fingerprint density at radius 1 is 1.32 bits per heavy atom. The van der Waals surface area contributed by atoms with Crippen LogP contribution in [0.5, 0.6) is 0 Å². The van der Waals surface area contributed by atoms with Gasteiger partial charge in [-0.25, -0.2) is 4.79 Å². The van der Waals surface area contributed by atoms with E-state index in [1.807, 2.05) is 36.4 Å². The fourth-order valence-corrected chi connectivity index (χ4v) is 3.45. The number of hydrogen-bond donors (Lipinski definition) is 1. The molecule has 3 atom stereocenters. The summed E-state index contributed by atoms with van der Waals surface area (Å²) in [4.78, 5) is 24.3. The lowest BCUT2D eigenvalue weighted by Gasteiger charge is -2.48. The average molecular weight is 321 g/mol. The number of halogens is 1. The molecule has 4 rings (SSSR count). The highest BCUT2D eigenvalue weighted by molar-refractivity contribution is 6.35. The van der Waals surface area contributed by atoms with Crippen LogP contribution in [0.25, 0.3) is 0 Å². The Morgan fingerprint density at radius 3 is 2.68 bits per heavy atom. The van der Waals surface area contributed by atoms with Crippen molar-refractivity contribution in [3.8, 4) is 0 Å². The van der Waals surface area contributed by atoms with Crippen LogP contribution in [0.15, 0.2) is 42.5 Å². The molecule has 0 aromatic heterocycles. The number of rotatable bonds is 3. The molecule has 2 heterocycles. The van der Waals surface area contributed by atoms with E-state index in [2.05, 4.69) is 0 Å². The molecule has 2 aliphatic heterocycles. The number of nitrogens with two attached hydrogens (primary N) is 1. The molecule has 5 nitrogen and oxygen atoms in total. The van der Waals surface area contributed by atoms with E-state index in [4.69, 9.17) is 22.1 Å². The molecule has 0 spiro atoms. The van der Waals surface area contributed by atoms with Gasteiger partial charge in [-0.1, -0.05) is 42.5 Å². The zero-order valence-electron chi connectivity index (χ0n) is 11.9. The predicted molar refractivity (Wildman–Crippen MR) is 82.1 cm³/mol. The minimum absolute atomic E-state index is 0.0271. The van der Waals surface area contributed by atoms with Crippen LogP contribution >= 0.6 is 11.6 Å². The Hall–Kier alpha value is -2.01. The zero-order chi connectivity index (χ0) is 15.7. The van der Waals surface area contributed by atoms with Crippen molar-refractivity contribution in [2.24, 2.45) is 11.7 Å². The molecule has 1 saturated heterocycles. The van der Waals surface area contributed by atoms with Crippen molar-refractivity contribution in [2.75, 3.05) is 6.54 Å². The SMILES string of the molecule is NC(=O)C1(Cl)CC2C=CC1N(C(=O)OCc1ccccc1)C2. The van der Waals surface area contributed by atoms with E-state index in [0.29, 0.717) is 13.0 Å². The fraction of sp³-hybridized carbons (Fsp3) is 0.375. The Bertz CT molecular complexity index is 619. The van der Waals surface area contributed by atoms with Gasteiger partial charge in [0.15, 0.2) is 0 Å². The Balaban J connectivity index is 1.71. The monoisotopic (exact) mass is 320 g/mol. The van der Waals surface area contributed by atoms with E-state index in [1.54, 1.807) is 6.08 Å². The lowest BCUT2D eigenvalue weighted by atomic mass is 9.76. The van der Waals surface area contributed by atoms with Gasteiger partial charge in [-0.05, 0) is 17.9 Å². The summed E-state index contributed by atoms with van der Waals surface area (Å²) in [7, 11) is 0. The topological polar surface area (TPSA) is 72.6 Å². The van der Waals surface area contributed by atoms with E-state index in [0.717, 1.165) is 5.56 Å². The highest BCUT2D eigenvalue weighted by Gasteiger charge is 2.53. The second-order valence-electron chi connectivity index (χ2n) is 5.71. The molecule has 1 aliphatic carbocycles. The van der Waals surface area contributed by atoms with Crippen molar-refractivity contribution in [2.45, 2.75) is 23.9 Å². The molecular weight excluding hydrogens is 304 g/mol. The molecule has 1 aromatic carbocycles. The maximum absolute atomic E-state index is 12.3. The second kappa shape index (κ2) is 5.65. The first-order valence-electron chi connectivity index (χ1n) is 7.15. The van der Waals surface area contributed by atoms with Gasteiger partial charge < -0.3 is 10.5 Å². The van der Waals surface area contributed by atoms with Crippen molar-refractivity contribution >= 4 is 23.6 Å². The average Bonchev–Trinajstić information content (AvgIpc) is 2.53. The molecule has 6 heteroatoms. The van der Waals surface area contributed by atoms with Crippen molar-refractivity contribution in [3.63, 3.8) is 0 Å². The molecule has 2 amide bonds.